The molecule has 3 aromatic rings. The first-order chi connectivity index (χ1) is 17.6. The van der Waals surface area contributed by atoms with E-state index in [4.69, 9.17) is 19.4 Å². The number of likely N-dealkylation sites (tertiary alicyclic amines) is 2. The number of aromatic nitrogens is 2. The van der Waals surface area contributed by atoms with Crippen molar-refractivity contribution in [2.24, 2.45) is 0 Å². The maximum Gasteiger partial charge on any atom is 0.163 e. The van der Waals surface area contributed by atoms with Crippen LogP contribution in [0.4, 0.5) is 5.82 Å². The van der Waals surface area contributed by atoms with E-state index in [1.54, 1.807) is 7.11 Å². The van der Waals surface area contributed by atoms with Crippen LogP contribution in [0, 0.1) is 0 Å². The molecule has 0 radical (unpaired) electrons. The van der Waals surface area contributed by atoms with E-state index in [2.05, 4.69) is 41.3 Å². The Labute approximate surface area is 214 Å². The summed E-state index contributed by atoms with van der Waals surface area (Å²) in [7, 11) is 6.09. The number of fused-ring (bicyclic) bond motifs is 1. The predicted octanol–water partition coefficient (Wildman–Crippen LogP) is 4.92. The molecule has 192 valence electrons. The Morgan fingerprint density at radius 3 is 2.42 bits per heavy atom. The minimum absolute atomic E-state index is 0.369. The van der Waals surface area contributed by atoms with Gasteiger partial charge >= 0.3 is 0 Å². The van der Waals surface area contributed by atoms with E-state index in [0.29, 0.717) is 30.1 Å². The van der Waals surface area contributed by atoms with E-state index in [1.807, 2.05) is 30.3 Å². The van der Waals surface area contributed by atoms with Crippen LogP contribution in [0.1, 0.15) is 49.4 Å². The molecule has 2 aliphatic rings. The van der Waals surface area contributed by atoms with Crippen LogP contribution in [0.3, 0.4) is 0 Å². The number of hydrogen-bond acceptors (Lipinski definition) is 7. The zero-order chi connectivity index (χ0) is 24.9. The third-order valence-corrected chi connectivity index (χ3v) is 7.61. The van der Waals surface area contributed by atoms with Gasteiger partial charge in [0.25, 0.3) is 0 Å². The number of ether oxygens (including phenoxy) is 2. The zero-order valence-electron chi connectivity index (χ0n) is 21.9. The lowest BCUT2D eigenvalue weighted by molar-refractivity contribution is 0.263. The average molecular weight is 490 g/mol. The molecule has 2 aliphatic heterocycles. The molecule has 3 heterocycles. The molecule has 0 amide bonds. The van der Waals surface area contributed by atoms with Crippen LogP contribution in [-0.2, 0) is 6.61 Å². The lowest BCUT2D eigenvalue weighted by Gasteiger charge is -2.30. The van der Waals surface area contributed by atoms with Crippen molar-refractivity contribution in [2.75, 3.05) is 52.7 Å². The molecule has 0 bridgehead atoms. The standard InChI is InChI=1S/C29H39N5O2/c1-33-14-7-10-22(11-15-33)28-31-25-19-27(36-20-21-8-5-4-6-9-21)26(35-3)18-24(25)29(32-28)30-23-12-16-34(2)17-13-23/h4-6,8-9,18-19,22-23H,7,10-17,20H2,1-3H3,(H,30,31,32)/t22-/m1/s1. The van der Waals surface area contributed by atoms with E-state index in [-0.39, 0.29) is 0 Å². The molecule has 7 nitrogen and oxygen atoms in total. The largest absolute Gasteiger partial charge is 0.493 e. The van der Waals surface area contributed by atoms with Crippen molar-refractivity contribution in [1.29, 1.82) is 0 Å². The molecule has 1 N–H and O–H groups in total. The Hall–Kier alpha value is -2.90. The Morgan fingerprint density at radius 1 is 0.889 bits per heavy atom. The maximum absolute atomic E-state index is 6.23. The molecule has 36 heavy (non-hydrogen) atoms. The zero-order valence-corrected chi connectivity index (χ0v) is 21.9. The average Bonchev–Trinajstić information content (AvgIpc) is 3.13. The molecule has 2 saturated heterocycles. The van der Waals surface area contributed by atoms with Crippen molar-refractivity contribution in [3.05, 3.63) is 53.9 Å². The highest BCUT2D eigenvalue weighted by atomic mass is 16.5. The van der Waals surface area contributed by atoms with Gasteiger partial charge in [-0.3, -0.25) is 0 Å². The van der Waals surface area contributed by atoms with Crippen molar-refractivity contribution in [3.63, 3.8) is 0 Å². The van der Waals surface area contributed by atoms with Crippen molar-refractivity contribution in [1.82, 2.24) is 19.8 Å². The SMILES string of the molecule is COc1cc2c(NC3CCN(C)CC3)nc([C@@H]3CCCN(C)CC3)nc2cc1OCc1ccccc1. The van der Waals surface area contributed by atoms with Gasteiger partial charge in [-0.15, -0.1) is 0 Å². The summed E-state index contributed by atoms with van der Waals surface area (Å²) in [5.74, 6) is 3.66. The summed E-state index contributed by atoms with van der Waals surface area (Å²) < 4.78 is 12.0. The molecule has 2 fully saturated rings. The van der Waals surface area contributed by atoms with Gasteiger partial charge in [0.1, 0.15) is 18.2 Å². The molecule has 0 spiro atoms. The van der Waals surface area contributed by atoms with Crippen LogP contribution in [-0.4, -0.2) is 73.2 Å². The molecule has 1 aromatic heterocycles. The third kappa shape index (κ3) is 5.90. The van der Waals surface area contributed by atoms with E-state index in [9.17, 15) is 0 Å². The van der Waals surface area contributed by atoms with Crippen LogP contribution >= 0.6 is 0 Å². The molecule has 2 aromatic carbocycles. The Bertz CT molecular complexity index is 1150. The number of methoxy groups -OCH3 is 1. The van der Waals surface area contributed by atoms with E-state index in [1.165, 1.54) is 6.42 Å². The molecule has 0 saturated carbocycles. The van der Waals surface area contributed by atoms with Crippen molar-refractivity contribution in [3.8, 4) is 11.5 Å². The van der Waals surface area contributed by atoms with E-state index >= 15 is 0 Å². The fourth-order valence-electron chi connectivity index (χ4n) is 5.30. The number of rotatable bonds is 7. The second-order valence-corrected chi connectivity index (χ2v) is 10.4. The first-order valence-electron chi connectivity index (χ1n) is 13.3. The van der Waals surface area contributed by atoms with Gasteiger partial charge in [0.05, 0.1) is 12.6 Å². The topological polar surface area (TPSA) is 62.8 Å². The molecular weight excluding hydrogens is 450 g/mol. The lowest BCUT2D eigenvalue weighted by atomic mass is 9.99. The summed E-state index contributed by atoms with van der Waals surface area (Å²) in [5.41, 5.74) is 2.03. The second-order valence-electron chi connectivity index (χ2n) is 10.4. The van der Waals surface area contributed by atoms with Crippen LogP contribution < -0.4 is 14.8 Å². The summed E-state index contributed by atoms with van der Waals surface area (Å²) in [5, 5.41) is 4.79. The monoisotopic (exact) mass is 489 g/mol. The second kappa shape index (κ2) is 11.4. The van der Waals surface area contributed by atoms with Gasteiger partial charge < -0.3 is 24.6 Å². The summed E-state index contributed by atoms with van der Waals surface area (Å²) in [6, 6.07) is 14.7. The highest BCUT2D eigenvalue weighted by Gasteiger charge is 2.24. The fraction of sp³-hybridized carbons (Fsp3) is 0.517. The van der Waals surface area contributed by atoms with Crippen molar-refractivity contribution in [2.45, 2.75) is 50.7 Å². The van der Waals surface area contributed by atoms with Gasteiger partial charge in [-0.1, -0.05) is 30.3 Å². The smallest absolute Gasteiger partial charge is 0.163 e. The quantitative estimate of drug-likeness (QED) is 0.505. The molecular formula is C29H39N5O2. The van der Waals surface area contributed by atoms with Crippen molar-refractivity contribution < 1.29 is 9.47 Å². The van der Waals surface area contributed by atoms with Gasteiger partial charge in [-0.05, 0) is 84.0 Å². The number of anilines is 1. The number of nitrogens with zero attached hydrogens (tertiary/aromatic N) is 4. The van der Waals surface area contributed by atoms with Gasteiger partial charge in [0, 0.05) is 23.4 Å². The Kier molecular flexibility index (Phi) is 7.87. The fourth-order valence-corrected chi connectivity index (χ4v) is 5.30. The first kappa shape index (κ1) is 24.8. The van der Waals surface area contributed by atoms with Gasteiger partial charge in [-0.2, -0.15) is 0 Å². The summed E-state index contributed by atoms with van der Waals surface area (Å²) in [6.07, 6.45) is 5.61. The van der Waals surface area contributed by atoms with E-state index in [0.717, 1.165) is 80.0 Å². The Balaban J connectivity index is 1.50. The number of benzene rings is 2. The van der Waals surface area contributed by atoms with Crippen molar-refractivity contribution >= 4 is 16.7 Å². The summed E-state index contributed by atoms with van der Waals surface area (Å²) >= 11 is 0. The lowest BCUT2D eigenvalue weighted by Crippen LogP contribution is -2.37. The maximum atomic E-state index is 6.23. The number of piperidine rings is 1. The van der Waals surface area contributed by atoms with Crippen LogP contribution in [0.15, 0.2) is 42.5 Å². The van der Waals surface area contributed by atoms with Crippen LogP contribution in [0.25, 0.3) is 10.9 Å². The summed E-state index contributed by atoms with van der Waals surface area (Å²) in [6.45, 7) is 4.90. The number of hydrogen-bond donors (Lipinski definition) is 1. The van der Waals surface area contributed by atoms with Gasteiger partial charge in [-0.25, -0.2) is 9.97 Å². The molecule has 1 atom stereocenters. The Morgan fingerprint density at radius 2 is 1.64 bits per heavy atom. The molecule has 0 unspecified atom stereocenters. The first-order valence-corrected chi connectivity index (χ1v) is 13.3. The summed E-state index contributed by atoms with van der Waals surface area (Å²) in [4.78, 5) is 15.1. The predicted molar refractivity (Wildman–Crippen MR) is 145 cm³/mol. The molecule has 0 aliphatic carbocycles. The molecule has 5 rings (SSSR count). The highest BCUT2D eigenvalue weighted by Crippen LogP contribution is 2.37. The highest BCUT2D eigenvalue weighted by molar-refractivity contribution is 5.92. The van der Waals surface area contributed by atoms with Crippen LogP contribution in [0.5, 0.6) is 11.5 Å². The van der Waals surface area contributed by atoms with E-state index < -0.39 is 0 Å². The van der Waals surface area contributed by atoms with Crippen LogP contribution in [0.2, 0.25) is 0 Å². The molecule has 7 heteroatoms. The number of nitrogens with one attached hydrogen (secondary N) is 1. The minimum Gasteiger partial charge on any atom is -0.493 e. The van der Waals surface area contributed by atoms with Gasteiger partial charge in [0.2, 0.25) is 0 Å². The minimum atomic E-state index is 0.369. The van der Waals surface area contributed by atoms with Gasteiger partial charge in [0.15, 0.2) is 11.5 Å². The third-order valence-electron chi connectivity index (χ3n) is 7.61. The normalized spacial score (nSPS) is 20.2.